The van der Waals surface area contributed by atoms with Gasteiger partial charge in [0, 0.05) is 19.7 Å². The van der Waals surface area contributed by atoms with Crippen LogP contribution in [-0.2, 0) is 9.53 Å². The Labute approximate surface area is 91.8 Å². The van der Waals surface area contributed by atoms with Crippen LogP contribution >= 0.6 is 0 Å². The van der Waals surface area contributed by atoms with E-state index in [1.807, 2.05) is 7.05 Å². The van der Waals surface area contributed by atoms with Crippen LogP contribution in [0.25, 0.3) is 0 Å². The summed E-state index contributed by atoms with van der Waals surface area (Å²) in [5.74, 6) is 0.0386. The monoisotopic (exact) mass is 214 g/mol. The largest absolute Gasteiger partial charge is 0.368 e. The van der Waals surface area contributed by atoms with Crippen molar-refractivity contribution in [3.63, 3.8) is 0 Å². The lowest BCUT2D eigenvalue weighted by Gasteiger charge is -2.25. The number of carbonyl (C=O) groups excluding carboxylic acids is 1. The minimum atomic E-state index is -0.213. The molecule has 1 rings (SSSR count). The molecule has 0 aromatic carbocycles. The van der Waals surface area contributed by atoms with Crippen molar-refractivity contribution in [1.29, 1.82) is 0 Å². The third-order valence-corrected chi connectivity index (χ3v) is 2.62. The number of nitrogens with one attached hydrogen (secondary N) is 2. The normalized spacial score (nSPS) is 21.7. The number of hydrogen-bond acceptors (Lipinski definition) is 3. The lowest BCUT2D eigenvalue weighted by molar-refractivity contribution is -0.130. The predicted octanol–water partition coefficient (Wildman–Crippen LogP) is 0.527. The second kappa shape index (κ2) is 5.47. The van der Waals surface area contributed by atoms with Crippen LogP contribution in [0.2, 0.25) is 0 Å². The molecule has 1 aliphatic heterocycles. The summed E-state index contributed by atoms with van der Waals surface area (Å²) in [7, 11) is 1.92. The van der Waals surface area contributed by atoms with Gasteiger partial charge in [0.05, 0.1) is 0 Å². The predicted molar refractivity (Wildman–Crippen MR) is 59.7 cm³/mol. The Kier molecular flexibility index (Phi) is 4.54. The smallest absolute Gasteiger partial charge is 0.249 e. The third-order valence-electron chi connectivity index (χ3n) is 2.62. The highest BCUT2D eigenvalue weighted by Crippen LogP contribution is 2.14. The summed E-state index contributed by atoms with van der Waals surface area (Å²) in [6.45, 7) is 6.54. The van der Waals surface area contributed by atoms with E-state index in [-0.39, 0.29) is 17.4 Å². The Morgan fingerprint density at radius 2 is 2.20 bits per heavy atom. The molecule has 88 valence electrons. The maximum Gasteiger partial charge on any atom is 0.249 e. The molecule has 1 saturated heterocycles. The second-order valence-corrected chi connectivity index (χ2v) is 4.91. The summed E-state index contributed by atoms with van der Waals surface area (Å²) in [6.07, 6.45) is 1.64. The number of ether oxygens (including phenoxy) is 1. The number of hydrogen-bond donors (Lipinski definition) is 2. The Morgan fingerprint density at radius 3 is 2.73 bits per heavy atom. The molecule has 1 aliphatic rings. The number of rotatable bonds is 5. The van der Waals surface area contributed by atoms with Crippen molar-refractivity contribution in [2.45, 2.75) is 32.8 Å². The van der Waals surface area contributed by atoms with Crippen molar-refractivity contribution < 1.29 is 9.53 Å². The van der Waals surface area contributed by atoms with Gasteiger partial charge in [-0.05, 0) is 25.3 Å². The first-order valence-corrected chi connectivity index (χ1v) is 5.59. The Balaban J connectivity index is 2.26. The summed E-state index contributed by atoms with van der Waals surface area (Å²) < 4.78 is 5.31. The van der Waals surface area contributed by atoms with Gasteiger partial charge in [-0.25, -0.2) is 0 Å². The van der Waals surface area contributed by atoms with E-state index in [9.17, 15) is 4.79 Å². The molecule has 1 atom stereocenters. The molecule has 0 aromatic rings. The van der Waals surface area contributed by atoms with E-state index in [4.69, 9.17) is 4.74 Å². The first-order chi connectivity index (χ1) is 7.05. The van der Waals surface area contributed by atoms with E-state index >= 15 is 0 Å². The molecule has 0 spiro atoms. The molecule has 4 nitrogen and oxygen atoms in total. The van der Waals surface area contributed by atoms with Crippen LogP contribution in [0, 0.1) is 5.41 Å². The first-order valence-electron chi connectivity index (χ1n) is 5.59. The summed E-state index contributed by atoms with van der Waals surface area (Å²) in [5.41, 5.74) is 0.0863. The average molecular weight is 214 g/mol. The molecule has 1 fully saturated rings. The van der Waals surface area contributed by atoms with Crippen LogP contribution in [0.5, 0.6) is 0 Å². The van der Waals surface area contributed by atoms with Gasteiger partial charge in [-0.1, -0.05) is 13.8 Å². The average Bonchev–Trinajstić information content (AvgIpc) is 2.67. The van der Waals surface area contributed by atoms with Crippen molar-refractivity contribution in [3.05, 3.63) is 0 Å². The molecule has 1 amide bonds. The van der Waals surface area contributed by atoms with Crippen LogP contribution in [-0.4, -0.2) is 38.8 Å². The van der Waals surface area contributed by atoms with Crippen LogP contribution < -0.4 is 10.6 Å². The van der Waals surface area contributed by atoms with Crippen LogP contribution in [0.15, 0.2) is 0 Å². The molecule has 1 unspecified atom stereocenters. The van der Waals surface area contributed by atoms with E-state index in [0.717, 1.165) is 26.0 Å². The molecule has 0 radical (unpaired) electrons. The summed E-state index contributed by atoms with van der Waals surface area (Å²) >= 11 is 0. The van der Waals surface area contributed by atoms with Gasteiger partial charge in [0.1, 0.15) is 6.10 Å². The van der Waals surface area contributed by atoms with E-state index in [1.165, 1.54) is 0 Å². The second-order valence-electron chi connectivity index (χ2n) is 4.91. The van der Waals surface area contributed by atoms with Crippen LogP contribution in [0.4, 0.5) is 0 Å². The van der Waals surface area contributed by atoms with Crippen molar-refractivity contribution in [3.8, 4) is 0 Å². The quantitative estimate of drug-likeness (QED) is 0.702. The number of carbonyl (C=O) groups is 1. The highest BCUT2D eigenvalue weighted by Gasteiger charge is 2.25. The van der Waals surface area contributed by atoms with E-state index in [0.29, 0.717) is 6.54 Å². The van der Waals surface area contributed by atoms with E-state index in [2.05, 4.69) is 24.5 Å². The Bertz CT molecular complexity index is 211. The molecule has 2 N–H and O–H groups in total. The van der Waals surface area contributed by atoms with Gasteiger partial charge in [0.2, 0.25) is 5.91 Å². The molecule has 15 heavy (non-hydrogen) atoms. The molecular weight excluding hydrogens is 192 g/mol. The maximum absolute atomic E-state index is 11.6. The van der Waals surface area contributed by atoms with Crippen LogP contribution in [0.1, 0.15) is 26.7 Å². The lowest BCUT2D eigenvalue weighted by Crippen LogP contribution is -2.43. The standard InChI is InChI=1S/C11H22N2O2/c1-11(2,7-12-3)8-13-10(14)9-5-4-6-15-9/h9,12H,4-8H2,1-3H3,(H,13,14). The first kappa shape index (κ1) is 12.5. The Morgan fingerprint density at radius 1 is 1.47 bits per heavy atom. The maximum atomic E-state index is 11.6. The van der Waals surface area contributed by atoms with Crippen molar-refractivity contribution in [2.75, 3.05) is 26.7 Å². The summed E-state index contributed by atoms with van der Waals surface area (Å²) in [4.78, 5) is 11.6. The van der Waals surface area contributed by atoms with Crippen LogP contribution in [0.3, 0.4) is 0 Å². The van der Waals surface area contributed by atoms with Gasteiger partial charge in [-0.15, -0.1) is 0 Å². The van der Waals surface area contributed by atoms with Gasteiger partial charge >= 0.3 is 0 Å². The zero-order chi connectivity index (χ0) is 11.3. The van der Waals surface area contributed by atoms with Gasteiger partial charge in [-0.2, -0.15) is 0 Å². The highest BCUT2D eigenvalue weighted by atomic mass is 16.5. The zero-order valence-electron chi connectivity index (χ0n) is 9.93. The highest BCUT2D eigenvalue weighted by molar-refractivity contribution is 5.80. The van der Waals surface area contributed by atoms with Crippen molar-refractivity contribution >= 4 is 5.91 Å². The van der Waals surface area contributed by atoms with Crippen molar-refractivity contribution in [1.82, 2.24) is 10.6 Å². The topological polar surface area (TPSA) is 50.4 Å². The SMILES string of the molecule is CNCC(C)(C)CNC(=O)C1CCCO1. The molecule has 1 heterocycles. The van der Waals surface area contributed by atoms with E-state index in [1.54, 1.807) is 0 Å². The zero-order valence-corrected chi connectivity index (χ0v) is 9.93. The van der Waals surface area contributed by atoms with Gasteiger partial charge < -0.3 is 15.4 Å². The lowest BCUT2D eigenvalue weighted by atomic mass is 9.93. The molecule has 0 aliphatic carbocycles. The fraction of sp³-hybridized carbons (Fsp3) is 0.909. The fourth-order valence-corrected chi connectivity index (χ4v) is 1.77. The molecular formula is C11H22N2O2. The van der Waals surface area contributed by atoms with Gasteiger partial charge in [0.15, 0.2) is 0 Å². The fourth-order valence-electron chi connectivity index (χ4n) is 1.77. The van der Waals surface area contributed by atoms with Crippen molar-refractivity contribution in [2.24, 2.45) is 5.41 Å². The molecule has 0 bridgehead atoms. The number of amides is 1. The third kappa shape index (κ3) is 4.18. The van der Waals surface area contributed by atoms with Gasteiger partial charge in [0.25, 0.3) is 0 Å². The summed E-state index contributed by atoms with van der Waals surface area (Å²) in [6, 6.07) is 0. The minimum absolute atomic E-state index is 0.0386. The van der Waals surface area contributed by atoms with E-state index < -0.39 is 0 Å². The molecule has 4 heteroatoms. The summed E-state index contributed by atoms with van der Waals surface area (Å²) in [5, 5.41) is 6.06. The molecule has 0 saturated carbocycles. The van der Waals surface area contributed by atoms with Gasteiger partial charge in [-0.3, -0.25) is 4.79 Å². The Hall–Kier alpha value is -0.610. The minimum Gasteiger partial charge on any atom is -0.368 e. The molecule has 0 aromatic heterocycles.